The van der Waals surface area contributed by atoms with Crippen LogP contribution in [0.25, 0.3) is 22.1 Å². The number of hydrogen-bond donors (Lipinski definition) is 1. The number of rotatable bonds is 13. The number of carbonyl (C=O) groups excluding carboxylic acids is 1. The van der Waals surface area contributed by atoms with E-state index in [1.54, 1.807) is 20.5 Å². The van der Waals surface area contributed by atoms with Crippen molar-refractivity contribution in [3.8, 4) is 28.4 Å². The molecule has 0 spiro atoms. The molecule has 38 heavy (non-hydrogen) atoms. The van der Waals surface area contributed by atoms with Gasteiger partial charge in [-0.3, -0.25) is 9.69 Å². The standard InChI is InChI=1S/C30H41N3O5/c1-22(2)31-30(34)20-33-15-13-32(14-16-33)12-6-5-7-17-37-24-9-10-25-26(21-38-28(25)19-24)23-8-11-27(35-3)29(18-23)36-4/h8-11,18-19,21-22H,5-7,12-17,20H2,1-4H3,(H,31,34). The summed E-state index contributed by atoms with van der Waals surface area (Å²) in [4.78, 5) is 16.7. The van der Waals surface area contributed by atoms with E-state index in [1.165, 1.54) is 0 Å². The SMILES string of the molecule is COc1ccc(-c2coc3cc(OCCCCCN4CCN(CC(=O)NC(C)C)CC4)ccc23)cc1OC. The average Bonchev–Trinajstić information content (AvgIpc) is 3.34. The Kier molecular flexibility index (Phi) is 9.90. The summed E-state index contributed by atoms with van der Waals surface area (Å²) in [5, 5.41) is 4.00. The summed E-state index contributed by atoms with van der Waals surface area (Å²) in [6, 6.07) is 12.1. The van der Waals surface area contributed by atoms with E-state index < -0.39 is 0 Å². The Morgan fingerprint density at radius 2 is 1.71 bits per heavy atom. The van der Waals surface area contributed by atoms with Gasteiger partial charge in [-0.1, -0.05) is 6.07 Å². The molecule has 0 aliphatic carbocycles. The molecule has 1 N–H and O–H groups in total. The second-order valence-corrected chi connectivity index (χ2v) is 10.1. The monoisotopic (exact) mass is 523 g/mol. The van der Waals surface area contributed by atoms with Crippen molar-refractivity contribution in [3.63, 3.8) is 0 Å². The fourth-order valence-electron chi connectivity index (χ4n) is 4.87. The van der Waals surface area contributed by atoms with Crippen LogP contribution in [0.3, 0.4) is 0 Å². The van der Waals surface area contributed by atoms with E-state index in [0.717, 1.165) is 79.8 Å². The van der Waals surface area contributed by atoms with Crippen LogP contribution in [0, 0.1) is 0 Å². The highest BCUT2D eigenvalue weighted by Gasteiger charge is 2.19. The van der Waals surface area contributed by atoms with Crippen molar-refractivity contribution in [2.75, 3.05) is 60.1 Å². The smallest absolute Gasteiger partial charge is 0.234 e. The number of amides is 1. The van der Waals surface area contributed by atoms with E-state index in [9.17, 15) is 4.79 Å². The lowest BCUT2D eigenvalue weighted by molar-refractivity contribution is -0.123. The molecule has 1 saturated heterocycles. The zero-order valence-electron chi connectivity index (χ0n) is 23.1. The molecular weight excluding hydrogens is 482 g/mol. The van der Waals surface area contributed by atoms with Crippen molar-refractivity contribution < 1.29 is 23.4 Å². The van der Waals surface area contributed by atoms with Gasteiger partial charge in [0.1, 0.15) is 11.3 Å². The van der Waals surface area contributed by atoms with Crippen LogP contribution >= 0.6 is 0 Å². The van der Waals surface area contributed by atoms with Crippen molar-refractivity contribution in [3.05, 3.63) is 42.7 Å². The molecule has 1 aromatic heterocycles. The van der Waals surface area contributed by atoms with Crippen LogP contribution in [0.1, 0.15) is 33.1 Å². The number of methoxy groups -OCH3 is 2. The van der Waals surface area contributed by atoms with Crippen molar-refractivity contribution in [1.82, 2.24) is 15.1 Å². The number of nitrogens with one attached hydrogen (secondary N) is 1. The van der Waals surface area contributed by atoms with Crippen LogP contribution in [-0.4, -0.2) is 81.8 Å². The van der Waals surface area contributed by atoms with Gasteiger partial charge in [0.25, 0.3) is 0 Å². The molecule has 0 radical (unpaired) electrons. The number of hydrogen-bond acceptors (Lipinski definition) is 7. The highest BCUT2D eigenvalue weighted by Crippen LogP contribution is 2.37. The first kappa shape index (κ1) is 27.8. The molecule has 0 unspecified atom stereocenters. The molecule has 1 fully saturated rings. The topological polar surface area (TPSA) is 76.4 Å². The van der Waals surface area contributed by atoms with Crippen molar-refractivity contribution in [2.24, 2.45) is 0 Å². The Bertz CT molecular complexity index is 1180. The van der Waals surface area contributed by atoms with Crippen molar-refractivity contribution in [1.29, 1.82) is 0 Å². The van der Waals surface area contributed by atoms with Gasteiger partial charge in [0.2, 0.25) is 5.91 Å². The third-order valence-electron chi connectivity index (χ3n) is 6.91. The molecule has 1 aliphatic heterocycles. The normalized spacial score (nSPS) is 14.7. The lowest BCUT2D eigenvalue weighted by Crippen LogP contribution is -2.50. The van der Waals surface area contributed by atoms with Gasteiger partial charge in [-0.2, -0.15) is 0 Å². The first-order valence-electron chi connectivity index (χ1n) is 13.6. The maximum Gasteiger partial charge on any atom is 0.234 e. The molecular formula is C30H41N3O5. The summed E-state index contributed by atoms with van der Waals surface area (Å²) in [5.41, 5.74) is 2.81. The number of unbranched alkanes of at least 4 members (excludes halogenated alkanes) is 2. The Labute approximate surface area is 225 Å². The summed E-state index contributed by atoms with van der Waals surface area (Å²) in [6.07, 6.45) is 5.07. The zero-order chi connectivity index (χ0) is 26.9. The minimum atomic E-state index is 0.123. The highest BCUT2D eigenvalue weighted by atomic mass is 16.5. The number of piperazine rings is 1. The minimum absolute atomic E-state index is 0.123. The third kappa shape index (κ3) is 7.42. The maximum atomic E-state index is 12.0. The zero-order valence-corrected chi connectivity index (χ0v) is 23.1. The molecule has 2 heterocycles. The van der Waals surface area contributed by atoms with Crippen molar-refractivity contribution >= 4 is 16.9 Å². The van der Waals surface area contributed by atoms with Gasteiger partial charge in [-0.05, 0) is 69.5 Å². The predicted molar refractivity (Wildman–Crippen MR) is 150 cm³/mol. The molecule has 1 aliphatic rings. The Morgan fingerprint density at radius 1 is 0.947 bits per heavy atom. The van der Waals surface area contributed by atoms with Crippen LogP contribution in [0.4, 0.5) is 0 Å². The molecule has 8 nitrogen and oxygen atoms in total. The van der Waals surface area contributed by atoms with E-state index in [2.05, 4.69) is 15.1 Å². The van der Waals surface area contributed by atoms with Crippen LogP contribution in [0.5, 0.6) is 17.2 Å². The molecule has 0 saturated carbocycles. The minimum Gasteiger partial charge on any atom is -0.493 e. The molecule has 0 atom stereocenters. The number of fused-ring (bicyclic) bond motifs is 1. The second-order valence-electron chi connectivity index (χ2n) is 10.1. The average molecular weight is 524 g/mol. The van der Waals surface area contributed by atoms with Gasteiger partial charge in [0, 0.05) is 49.2 Å². The molecule has 8 heteroatoms. The van der Waals surface area contributed by atoms with Gasteiger partial charge in [0.05, 0.1) is 33.6 Å². The number of nitrogens with zero attached hydrogens (tertiary/aromatic N) is 2. The molecule has 0 bridgehead atoms. The number of benzene rings is 2. The van der Waals surface area contributed by atoms with Crippen LogP contribution in [0.2, 0.25) is 0 Å². The fourth-order valence-corrected chi connectivity index (χ4v) is 4.87. The van der Waals surface area contributed by atoms with E-state index in [1.807, 2.05) is 50.2 Å². The summed E-state index contributed by atoms with van der Waals surface area (Å²) in [7, 11) is 3.27. The summed E-state index contributed by atoms with van der Waals surface area (Å²) < 4.78 is 22.7. The van der Waals surface area contributed by atoms with E-state index in [4.69, 9.17) is 18.6 Å². The lowest BCUT2D eigenvalue weighted by Gasteiger charge is -2.34. The Hall–Kier alpha value is -3.23. The van der Waals surface area contributed by atoms with Gasteiger partial charge in [-0.15, -0.1) is 0 Å². The van der Waals surface area contributed by atoms with Crippen LogP contribution < -0.4 is 19.5 Å². The first-order valence-corrected chi connectivity index (χ1v) is 13.6. The third-order valence-corrected chi connectivity index (χ3v) is 6.91. The van der Waals surface area contributed by atoms with E-state index >= 15 is 0 Å². The van der Waals surface area contributed by atoms with Crippen LogP contribution in [-0.2, 0) is 4.79 Å². The number of carbonyl (C=O) groups is 1. The quantitative estimate of drug-likeness (QED) is 0.322. The van der Waals surface area contributed by atoms with Gasteiger partial charge in [0.15, 0.2) is 11.5 Å². The summed E-state index contributed by atoms with van der Waals surface area (Å²) >= 11 is 0. The van der Waals surface area contributed by atoms with Crippen molar-refractivity contribution in [2.45, 2.75) is 39.2 Å². The lowest BCUT2D eigenvalue weighted by atomic mass is 10.0. The molecule has 2 aromatic carbocycles. The summed E-state index contributed by atoms with van der Waals surface area (Å²) in [5.74, 6) is 2.33. The summed E-state index contributed by atoms with van der Waals surface area (Å²) in [6.45, 7) is 10.3. The molecule has 3 aromatic rings. The number of ether oxygens (including phenoxy) is 3. The van der Waals surface area contributed by atoms with Gasteiger partial charge in [-0.25, -0.2) is 0 Å². The first-order chi connectivity index (χ1) is 18.5. The largest absolute Gasteiger partial charge is 0.493 e. The Balaban J connectivity index is 1.16. The number of furan rings is 1. The molecule has 206 valence electrons. The molecule has 1 amide bonds. The predicted octanol–water partition coefficient (Wildman–Crippen LogP) is 4.81. The fraction of sp³-hybridized carbons (Fsp3) is 0.500. The van der Waals surface area contributed by atoms with Gasteiger partial charge >= 0.3 is 0 Å². The van der Waals surface area contributed by atoms with E-state index in [0.29, 0.717) is 24.7 Å². The van der Waals surface area contributed by atoms with E-state index in [-0.39, 0.29) is 11.9 Å². The second kappa shape index (κ2) is 13.5. The van der Waals surface area contributed by atoms with Gasteiger partial charge < -0.3 is 28.8 Å². The Morgan fingerprint density at radius 3 is 2.45 bits per heavy atom. The highest BCUT2D eigenvalue weighted by molar-refractivity contribution is 5.95. The van der Waals surface area contributed by atoms with Crippen LogP contribution in [0.15, 0.2) is 47.1 Å². The molecule has 4 rings (SSSR count). The maximum absolute atomic E-state index is 12.0.